The van der Waals surface area contributed by atoms with Gasteiger partial charge >= 0.3 is 0 Å². The molecular formula is C16H17ClN2. The van der Waals surface area contributed by atoms with Gasteiger partial charge in [0.15, 0.2) is 0 Å². The van der Waals surface area contributed by atoms with Crippen molar-refractivity contribution in [2.45, 2.75) is 31.8 Å². The van der Waals surface area contributed by atoms with Crippen LogP contribution < -0.4 is 5.32 Å². The molecule has 0 bridgehead atoms. The largest absolute Gasteiger partial charge is 0.306 e. The number of benzene rings is 1. The molecule has 1 aromatic carbocycles. The van der Waals surface area contributed by atoms with Crippen LogP contribution in [0, 0.1) is 0 Å². The number of fused-ring (bicyclic) bond motifs is 1. The maximum absolute atomic E-state index is 6.14. The molecular weight excluding hydrogens is 256 g/mol. The van der Waals surface area contributed by atoms with E-state index in [-0.39, 0.29) is 0 Å². The lowest BCUT2D eigenvalue weighted by Gasteiger charge is -2.26. The van der Waals surface area contributed by atoms with Crippen LogP contribution in [0.4, 0.5) is 0 Å². The Morgan fingerprint density at radius 3 is 3.05 bits per heavy atom. The van der Waals surface area contributed by atoms with E-state index in [9.17, 15) is 0 Å². The van der Waals surface area contributed by atoms with Crippen molar-refractivity contribution in [3.63, 3.8) is 0 Å². The van der Waals surface area contributed by atoms with Crippen LogP contribution in [0.25, 0.3) is 0 Å². The lowest BCUT2D eigenvalue weighted by molar-refractivity contribution is 0.459. The van der Waals surface area contributed by atoms with Crippen molar-refractivity contribution in [3.8, 4) is 0 Å². The van der Waals surface area contributed by atoms with Crippen LogP contribution >= 0.6 is 11.6 Å². The highest BCUT2D eigenvalue weighted by Crippen LogP contribution is 2.29. The summed E-state index contributed by atoms with van der Waals surface area (Å²) in [7, 11) is 0. The molecule has 1 aromatic heterocycles. The first-order chi connectivity index (χ1) is 9.34. The van der Waals surface area contributed by atoms with E-state index < -0.39 is 0 Å². The van der Waals surface area contributed by atoms with Crippen LogP contribution in [0.2, 0.25) is 5.02 Å². The Morgan fingerprint density at radius 1 is 1.26 bits per heavy atom. The molecule has 1 unspecified atom stereocenters. The van der Waals surface area contributed by atoms with Gasteiger partial charge in [0.05, 0.1) is 5.02 Å². The zero-order valence-electron chi connectivity index (χ0n) is 10.8. The number of rotatable bonds is 3. The third-order valence-corrected chi connectivity index (χ3v) is 4.11. The number of halogens is 1. The van der Waals surface area contributed by atoms with Gasteiger partial charge in [-0.05, 0) is 42.0 Å². The first-order valence-electron chi connectivity index (χ1n) is 6.74. The molecule has 0 saturated heterocycles. The third kappa shape index (κ3) is 2.80. The van der Waals surface area contributed by atoms with Crippen LogP contribution in [-0.4, -0.2) is 4.98 Å². The molecule has 19 heavy (non-hydrogen) atoms. The van der Waals surface area contributed by atoms with E-state index in [1.54, 1.807) is 12.4 Å². The van der Waals surface area contributed by atoms with E-state index in [2.05, 4.69) is 34.6 Å². The van der Waals surface area contributed by atoms with E-state index in [0.29, 0.717) is 6.04 Å². The quantitative estimate of drug-likeness (QED) is 0.917. The van der Waals surface area contributed by atoms with Gasteiger partial charge in [0.1, 0.15) is 0 Å². The molecule has 0 amide bonds. The molecule has 1 aliphatic rings. The van der Waals surface area contributed by atoms with Gasteiger partial charge < -0.3 is 5.32 Å². The van der Waals surface area contributed by atoms with Crippen molar-refractivity contribution in [1.82, 2.24) is 10.3 Å². The smallest absolute Gasteiger partial charge is 0.0634 e. The fraction of sp³-hybridized carbons (Fsp3) is 0.312. The number of hydrogen-bond donors (Lipinski definition) is 1. The van der Waals surface area contributed by atoms with Gasteiger partial charge in [-0.2, -0.15) is 0 Å². The minimum absolute atomic E-state index is 0.439. The SMILES string of the molecule is Clc1cnccc1CNC1CCCc2ccccc21. The van der Waals surface area contributed by atoms with Gasteiger partial charge in [0.2, 0.25) is 0 Å². The topological polar surface area (TPSA) is 24.9 Å². The van der Waals surface area contributed by atoms with Crippen molar-refractivity contribution < 1.29 is 0 Å². The van der Waals surface area contributed by atoms with Gasteiger partial charge in [-0.15, -0.1) is 0 Å². The summed E-state index contributed by atoms with van der Waals surface area (Å²) in [6, 6.07) is 11.1. The number of aryl methyl sites for hydroxylation is 1. The van der Waals surface area contributed by atoms with E-state index in [1.165, 1.54) is 30.4 Å². The maximum atomic E-state index is 6.14. The molecule has 0 radical (unpaired) electrons. The second-order valence-electron chi connectivity index (χ2n) is 4.99. The molecule has 3 rings (SSSR count). The Hall–Kier alpha value is -1.38. The number of pyridine rings is 1. The number of nitrogens with zero attached hydrogens (tertiary/aromatic N) is 1. The second kappa shape index (κ2) is 5.72. The Kier molecular flexibility index (Phi) is 3.81. The molecule has 1 atom stereocenters. The van der Waals surface area contributed by atoms with Crippen LogP contribution in [0.5, 0.6) is 0 Å². The molecule has 1 heterocycles. The lowest BCUT2D eigenvalue weighted by atomic mass is 9.87. The number of aromatic nitrogens is 1. The lowest BCUT2D eigenvalue weighted by Crippen LogP contribution is -2.24. The molecule has 2 aromatic rings. The average Bonchev–Trinajstić information content (AvgIpc) is 2.46. The third-order valence-electron chi connectivity index (χ3n) is 3.76. The monoisotopic (exact) mass is 272 g/mol. The van der Waals surface area contributed by atoms with Crippen LogP contribution in [0.1, 0.15) is 35.6 Å². The summed E-state index contributed by atoms with van der Waals surface area (Å²) in [5.74, 6) is 0. The normalized spacial score (nSPS) is 18.1. The number of hydrogen-bond acceptors (Lipinski definition) is 2. The predicted molar refractivity (Wildman–Crippen MR) is 78.2 cm³/mol. The summed E-state index contributed by atoms with van der Waals surface area (Å²) in [4.78, 5) is 4.02. The van der Waals surface area contributed by atoms with Gasteiger partial charge in [-0.3, -0.25) is 4.98 Å². The van der Waals surface area contributed by atoms with Gasteiger partial charge in [-0.1, -0.05) is 35.9 Å². The Labute approximate surface area is 118 Å². The summed E-state index contributed by atoms with van der Waals surface area (Å²) in [6.07, 6.45) is 7.13. The fourth-order valence-corrected chi connectivity index (χ4v) is 2.93. The highest BCUT2D eigenvalue weighted by atomic mass is 35.5. The molecule has 1 aliphatic carbocycles. The Balaban J connectivity index is 1.73. The molecule has 0 spiro atoms. The van der Waals surface area contributed by atoms with E-state index in [0.717, 1.165) is 17.1 Å². The Bertz CT molecular complexity index is 568. The van der Waals surface area contributed by atoms with Gasteiger partial charge in [0.25, 0.3) is 0 Å². The van der Waals surface area contributed by atoms with E-state index in [1.807, 2.05) is 6.07 Å². The fourth-order valence-electron chi connectivity index (χ4n) is 2.75. The molecule has 0 aliphatic heterocycles. The van der Waals surface area contributed by atoms with Crippen LogP contribution in [0.15, 0.2) is 42.7 Å². The molecule has 2 nitrogen and oxygen atoms in total. The van der Waals surface area contributed by atoms with E-state index >= 15 is 0 Å². The van der Waals surface area contributed by atoms with Crippen LogP contribution in [-0.2, 0) is 13.0 Å². The van der Waals surface area contributed by atoms with E-state index in [4.69, 9.17) is 11.6 Å². The van der Waals surface area contributed by atoms with Crippen molar-refractivity contribution in [2.24, 2.45) is 0 Å². The summed E-state index contributed by atoms with van der Waals surface area (Å²) < 4.78 is 0. The molecule has 0 saturated carbocycles. The van der Waals surface area contributed by atoms with Crippen LogP contribution in [0.3, 0.4) is 0 Å². The summed E-state index contributed by atoms with van der Waals surface area (Å²) in [5.41, 5.74) is 4.03. The first-order valence-corrected chi connectivity index (χ1v) is 7.12. The first kappa shape index (κ1) is 12.6. The molecule has 0 fully saturated rings. The van der Waals surface area contributed by atoms with Crippen molar-refractivity contribution >= 4 is 11.6 Å². The molecule has 98 valence electrons. The number of nitrogens with one attached hydrogen (secondary N) is 1. The predicted octanol–water partition coefficient (Wildman–Crippen LogP) is 3.90. The average molecular weight is 273 g/mol. The highest BCUT2D eigenvalue weighted by molar-refractivity contribution is 6.31. The van der Waals surface area contributed by atoms with Gasteiger partial charge in [-0.25, -0.2) is 0 Å². The zero-order valence-corrected chi connectivity index (χ0v) is 11.5. The zero-order chi connectivity index (χ0) is 13.1. The second-order valence-corrected chi connectivity index (χ2v) is 5.40. The van der Waals surface area contributed by atoms with Crippen molar-refractivity contribution in [1.29, 1.82) is 0 Å². The van der Waals surface area contributed by atoms with Crippen molar-refractivity contribution in [2.75, 3.05) is 0 Å². The molecule has 1 N–H and O–H groups in total. The molecule has 3 heteroatoms. The Morgan fingerprint density at radius 2 is 2.16 bits per heavy atom. The summed E-state index contributed by atoms with van der Waals surface area (Å²) >= 11 is 6.14. The minimum atomic E-state index is 0.439. The maximum Gasteiger partial charge on any atom is 0.0634 e. The van der Waals surface area contributed by atoms with Gasteiger partial charge in [0, 0.05) is 25.0 Å². The standard InChI is InChI=1S/C16H17ClN2/c17-15-11-18-9-8-13(15)10-19-16-7-3-5-12-4-1-2-6-14(12)16/h1-2,4,6,8-9,11,16,19H,3,5,7,10H2. The summed E-state index contributed by atoms with van der Waals surface area (Å²) in [5, 5.41) is 4.36. The summed E-state index contributed by atoms with van der Waals surface area (Å²) in [6.45, 7) is 0.792. The highest BCUT2D eigenvalue weighted by Gasteiger charge is 2.19. The van der Waals surface area contributed by atoms with Crippen molar-refractivity contribution in [3.05, 3.63) is 64.4 Å². The minimum Gasteiger partial charge on any atom is -0.306 e.